The van der Waals surface area contributed by atoms with Gasteiger partial charge in [-0.15, -0.1) is 0 Å². The van der Waals surface area contributed by atoms with Crippen molar-refractivity contribution in [2.45, 2.75) is 13.3 Å². The van der Waals surface area contributed by atoms with Crippen LogP contribution in [0.25, 0.3) is 0 Å². The molecule has 0 rings (SSSR count). The molecule has 0 atom stereocenters. The molecule has 0 aromatic heterocycles. The largest absolute Gasteiger partial charge is 0.192 e. The fourth-order valence-corrected chi connectivity index (χ4v) is 0.594. The van der Waals surface area contributed by atoms with Gasteiger partial charge in [-0.3, -0.25) is 0 Å². The molecule has 11 heavy (non-hydrogen) atoms. The summed E-state index contributed by atoms with van der Waals surface area (Å²) in [5.41, 5.74) is 0.413. The monoisotopic (exact) mass is 167 g/mol. The van der Waals surface area contributed by atoms with Crippen LogP contribution in [0.15, 0.2) is 35.4 Å². The molecule has 1 nitrogen and oxygen atoms in total. The van der Waals surface area contributed by atoms with Gasteiger partial charge in [0.15, 0.2) is 0 Å². The number of rotatable bonds is 3. The lowest BCUT2D eigenvalue weighted by Crippen LogP contribution is -1.73. The van der Waals surface area contributed by atoms with E-state index in [4.69, 9.17) is 16.9 Å². The third-order valence-electron chi connectivity index (χ3n) is 1.05. The highest BCUT2D eigenvalue weighted by Gasteiger charge is 1.93. The van der Waals surface area contributed by atoms with Crippen LogP contribution in [0.3, 0.4) is 0 Å². The summed E-state index contributed by atoms with van der Waals surface area (Å²) >= 11 is 5.50. The second kappa shape index (κ2) is 5.76. The van der Waals surface area contributed by atoms with E-state index in [9.17, 15) is 0 Å². The van der Waals surface area contributed by atoms with Crippen LogP contribution >= 0.6 is 11.6 Å². The fourth-order valence-electron chi connectivity index (χ4n) is 0.489. The van der Waals surface area contributed by atoms with Gasteiger partial charge in [-0.25, -0.2) is 0 Å². The summed E-state index contributed by atoms with van der Waals surface area (Å²) in [5, 5.41) is 8.78. The minimum atomic E-state index is 0.285. The molecule has 0 spiro atoms. The van der Waals surface area contributed by atoms with Crippen molar-refractivity contribution in [3.05, 3.63) is 35.4 Å². The van der Waals surface area contributed by atoms with Crippen molar-refractivity contribution >= 4 is 11.6 Å². The van der Waals surface area contributed by atoms with Crippen LogP contribution in [-0.4, -0.2) is 0 Å². The Morgan fingerprint density at radius 3 is 2.73 bits per heavy atom. The van der Waals surface area contributed by atoms with Crippen molar-refractivity contribution in [2.24, 2.45) is 0 Å². The Labute approximate surface area is 72.3 Å². The third kappa shape index (κ3) is 4.41. The Morgan fingerprint density at radius 2 is 2.36 bits per heavy atom. The van der Waals surface area contributed by atoms with Gasteiger partial charge in [-0.05, 0) is 12.5 Å². The van der Waals surface area contributed by atoms with E-state index in [0.717, 1.165) is 6.42 Å². The standard InChI is InChI=1S/C9H10ClN/c1-3-4-5-6-9(7-11)8(2)10/h4-6H,2-3H2,1H3/b5-4-,9-6-. The van der Waals surface area contributed by atoms with E-state index in [1.54, 1.807) is 12.2 Å². The highest BCUT2D eigenvalue weighted by molar-refractivity contribution is 6.32. The Kier molecular flexibility index (Phi) is 5.24. The zero-order valence-electron chi connectivity index (χ0n) is 6.47. The molecule has 0 heterocycles. The molecule has 58 valence electrons. The first-order valence-electron chi connectivity index (χ1n) is 3.34. The Hall–Kier alpha value is -1.00. The molecule has 0 aliphatic carbocycles. The van der Waals surface area contributed by atoms with E-state index in [2.05, 4.69) is 6.58 Å². The second-order valence-corrected chi connectivity index (χ2v) is 2.39. The molecule has 2 heteroatoms. The van der Waals surface area contributed by atoms with Crippen molar-refractivity contribution in [1.29, 1.82) is 5.26 Å². The Morgan fingerprint density at radius 1 is 1.73 bits per heavy atom. The van der Waals surface area contributed by atoms with Gasteiger partial charge in [0.1, 0.15) is 6.07 Å². The lowest BCUT2D eigenvalue weighted by Gasteiger charge is -1.87. The van der Waals surface area contributed by atoms with Gasteiger partial charge in [0.25, 0.3) is 0 Å². The molecule has 0 saturated heterocycles. The molecule has 0 unspecified atom stereocenters. The molecule has 0 bridgehead atoms. The SMILES string of the molecule is C=C(Cl)/C(C#N)=C\C=C/CC. The van der Waals surface area contributed by atoms with Crippen LogP contribution in [0.4, 0.5) is 0 Å². The number of hydrogen-bond donors (Lipinski definition) is 0. The van der Waals surface area contributed by atoms with Crippen molar-refractivity contribution in [2.75, 3.05) is 0 Å². The molecule has 0 aromatic rings. The molecular weight excluding hydrogens is 158 g/mol. The summed E-state index contributed by atoms with van der Waals surface area (Å²) < 4.78 is 0. The normalized spacial score (nSPS) is 11.5. The van der Waals surface area contributed by atoms with Crippen LogP contribution < -0.4 is 0 Å². The van der Waals surface area contributed by atoms with Gasteiger partial charge < -0.3 is 0 Å². The van der Waals surface area contributed by atoms with E-state index in [1.807, 2.05) is 19.1 Å². The molecule has 0 aliphatic heterocycles. The average molecular weight is 168 g/mol. The number of hydrogen-bond acceptors (Lipinski definition) is 1. The van der Waals surface area contributed by atoms with Crippen LogP contribution in [0.2, 0.25) is 0 Å². The van der Waals surface area contributed by atoms with Gasteiger partial charge in [0.2, 0.25) is 0 Å². The summed E-state index contributed by atoms with van der Waals surface area (Å²) in [6.45, 7) is 5.47. The average Bonchev–Trinajstić information content (AvgIpc) is 1.97. The number of nitriles is 1. The van der Waals surface area contributed by atoms with Gasteiger partial charge in [-0.1, -0.05) is 37.3 Å². The highest BCUT2D eigenvalue weighted by atomic mass is 35.5. The lowest BCUT2D eigenvalue weighted by atomic mass is 10.2. The molecule has 0 radical (unpaired) electrons. The maximum absolute atomic E-state index is 8.50. The zero-order valence-corrected chi connectivity index (χ0v) is 7.23. The van der Waals surface area contributed by atoms with Crippen LogP contribution in [0.1, 0.15) is 13.3 Å². The summed E-state index contributed by atoms with van der Waals surface area (Å²) in [6, 6.07) is 1.94. The molecule has 0 fully saturated rings. The van der Waals surface area contributed by atoms with Crippen LogP contribution in [0.5, 0.6) is 0 Å². The third-order valence-corrected chi connectivity index (χ3v) is 1.25. The number of allylic oxidation sites excluding steroid dienone is 5. The predicted molar refractivity (Wildman–Crippen MR) is 48.1 cm³/mol. The molecular formula is C9H10ClN. The second-order valence-electron chi connectivity index (χ2n) is 1.93. The number of nitrogens with zero attached hydrogens (tertiary/aromatic N) is 1. The van der Waals surface area contributed by atoms with Crippen molar-refractivity contribution in [1.82, 2.24) is 0 Å². The van der Waals surface area contributed by atoms with Gasteiger partial charge in [0, 0.05) is 0 Å². The molecule has 0 aromatic carbocycles. The first kappa shape index (κ1) is 10.0. The maximum Gasteiger partial charge on any atom is 0.101 e. The summed E-state index contributed by atoms with van der Waals surface area (Å²) in [4.78, 5) is 0. The summed E-state index contributed by atoms with van der Waals surface area (Å²) in [5.74, 6) is 0. The van der Waals surface area contributed by atoms with E-state index in [-0.39, 0.29) is 5.03 Å². The van der Waals surface area contributed by atoms with E-state index >= 15 is 0 Å². The Bertz CT molecular complexity index is 230. The van der Waals surface area contributed by atoms with Crippen molar-refractivity contribution < 1.29 is 0 Å². The van der Waals surface area contributed by atoms with Gasteiger partial charge in [0.05, 0.1) is 10.6 Å². The van der Waals surface area contributed by atoms with Crippen LogP contribution in [-0.2, 0) is 0 Å². The Balaban J connectivity index is 4.28. The zero-order chi connectivity index (χ0) is 8.69. The predicted octanol–water partition coefficient (Wildman–Crippen LogP) is 3.16. The number of halogens is 1. The van der Waals surface area contributed by atoms with Gasteiger partial charge in [-0.2, -0.15) is 5.26 Å². The minimum Gasteiger partial charge on any atom is -0.192 e. The minimum absolute atomic E-state index is 0.285. The smallest absolute Gasteiger partial charge is 0.101 e. The van der Waals surface area contributed by atoms with E-state index in [1.165, 1.54) is 0 Å². The van der Waals surface area contributed by atoms with Gasteiger partial charge >= 0.3 is 0 Å². The molecule has 0 aliphatic rings. The van der Waals surface area contributed by atoms with Crippen molar-refractivity contribution in [3.63, 3.8) is 0 Å². The summed E-state index contributed by atoms with van der Waals surface area (Å²) in [7, 11) is 0. The lowest BCUT2D eigenvalue weighted by molar-refractivity contribution is 1.22. The molecule has 0 amide bonds. The molecule has 0 N–H and O–H groups in total. The van der Waals surface area contributed by atoms with Crippen molar-refractivity contribution in [3.8, 4) is 6.07 Å². The van der Waals surface area contributed by atoms with Crippen LogP contribution in [0, 0.1) is 11.3 Å². The summed E-state index contributed by atoms with van der Waals surface area (Å²) in [6.07, 6.45) is 6.34. The fraction of sp³-hybridized carbons (Fsp3) is 0.222. The van der Waals surface area contributed by atoms with E-state index in [0.29, 0.717) is 5.57 Å². The molecule has 0 saturated carbocycles. The first-order valence-corrected chi connectivity index (χ1v) is 3.71. The quantitative estimate of drug-likeness (QED) is 0.468. The highest BCUT2D eigenvalue weighted by Crippen LogP contribution is 2.10. The maximum atomic E-state index is 8.50. The van der Waals surface area contributed by atoms with E-state index < -0.39 is 0 Å². The topological polar surface area (TPSA) is 23.8 Å². The first-order chi connectivity index (χ1) is 5.22.